The zero-order chi connectivity index (χ0) is 19.4. The zero-order valence-electron chi connectivity index (χ0n) is 16.3. The second kappa shape index (κ2) is 8.44. The first-order valence-corrected chi connectivity index (χ1v) is 9.37. The molecular formula is C22H28N2O3. The van der Waals surface area contributed by atoms with Crippen molar-refractivity contribution in [3.05, 3.63) is 64.7 Å². The second-order valence-electron chi connectivity index (χ2n) is 7.22. The summed E-state index contributed by atoms with van der Waals surface area (Å²) in [7, 11) is 1.64. The molecular weight excluding hydrogens is 340 g/mol. The van der Waals surface area contributed by atoms with Crippen LogP contribution >= 0.6 is 0 Å². The second-order valence-corrected chi connectivity index (χ2v) is 7.22. The summed E-state index contributed by atoms with van der Waals surface area (Å²) in [6, 6.07) is 14.2. The highest BCUT2D eigenvalue weighted by atomic mass is 16.5. The number of aryl methyl sites for hydroxylation is 2. The largest absolute Gasteiger partial charge is 0.497 e. The van der Waals surface area contributed by atoms with Gasteiger partial charge in [0, 0.05) is 26.2 Å². The topological polar surface area (TPSA) is 53.0 Å². The molecule has 3 rings (SSSR count). The highest BCUT2D eigenvalue weighted by molar-refractivity contribution is 5.77. The molecule has 2 amide bonds. The molecule has 5 heteroatoms. The summed E-state index contributed by atoms with van der Waals surface area (Å²) in [6.45, 7) is 6.04. The smallest absolute Gasteiger partial charge is 0.320 e. The summed E-state index contributed by atoms with van der Waals surface area (Å²) in [4.78, 5) is 16.8. The molecule has 1 unspecified atom stereocenters. The van der Waals surface area contributed by atoms with Crippen molar-refractivity contribution in [1.82, 2.24) is 9.80 Å². The van der Waals surface area contributed by atoms with E-state index in [4.69, 9.17) is 4.74 Å². The highest BCUT2D eigenvalue weighted by Crippen LogP contribution is 2.24. The molecule has 0 aliphatic carbocycles. The number of hydrogen-bond donors (Lipinski definition) is 1. The number of aliphatic hydroxyl groups excluding tert-OH is 1. The predicted octanol–water partition coefficient (Wildman–Crippen LogP) is 3.50. The molecule has 5 nitrogen and oxygen atoms in total. The third-order valence-corrected chi connectivity index (χ3v) is 5.31. The lowest BCUT2D eigenvalue weighted by Gasteiger charge is -2.23. The molecule has 1 heterocycles. The summed E-state index contributed by atoms with van der Waals surface area (Å²) in [5, 5.41) is 9.44. The number of rotatable bonds is 7. The number of amides is 2. The number of carbonyl (C=O) groups excluding carboxylic acids is 1. The van der Waals surface area contributed by atoms with Crippen LogP contribution in [0.4, 0.5) is 4.79 Å². The minimum Gasteiger partial charge on any atom is -0.497 e. The van der Waals surface area contributed by atoms with Crippen LogP contribution in [0.5, 0.6) is 5.75 Å². The maximum absolute atomic E-state index is 13.0. The van der Waals surface area contributed by atoms with E-state index in [-0.39, 0.29) is 18.7 Å². The molecule has 0 saturated carbocycles. The quantitative estimate of drug-likeness (QED) is 0.814. The summed E-state index contributed by atoms with van der Waals surface area (Å²) in [6.07, 6.45) is 0.589. The van der Waals surface area contributed by atoms with Crippen LogP contribution in [0.25, 0.3) is 0 Å². The van der Waals surface area contributed by atoms with Crippen LogP contribution in [0, 0.1) is 13.8 Å². The van der Waals surface area contributed by atoms with Gasteiger partial charge in [-0.15, -0.1) is 0 Å². The third-order valence-electron chi connectivity index (χ3n) is 5.31. The third kappa shape index (κ3) is 4.42. The van der Waals surface area contributed by atoms with E-state index in [9.17, 15) is 9.90 Å². The monoisotopic (exact) mass is 368 g/mol. The maximum Gasteiger partial charge on any atom is 0.320 e. The molecule has 1 aliphatic rings. The summed E-state index contributed by atoms with van der Waals surface area (Å²) >= 11 is 0. The van der Waals surface area contributed by atoms with Crippen molar-refractivity contribution < 1.29 is 14.6 Å². The standard InChI is InChI=1S/C22H28N2O3/c1-16-4-5-19(12-17(16)2)13-23-15-20(10-11-25)24(22(23)26)14-18-6-8-21(27-3)9-7-18/h4-9,12,20,25H,10-11,13-15H2,1-3H3. The Bertz CT molecular complexity index is 789. The Morgan fingerprint density at radius 2 is 1.74 bits per heavy atom. The van der Waals surface area contributed by atoms with Gasteiger partial charge in [-0.3, -0.25) is 0 Å². The molecule has 1 atom stereocenters. The Hall–Kier alpha value is -2.53. The Morgan fingerprint density at radius 3 is 2.37 bits per heavy atom. The van der Waals surface area contributed by atoms with Gasteiger partial charge in [-0.25, -0.2) is 4.79 Å². The molecule has 27 heavy (non-hydrogen) atoms. The fourth-order valence-corrected chi connectivity index (χ4v) is 3.54. The van der Waals surface area contributed by atoms with Crippen molar-refractivity contribution in [2.24, 2.45) is 0 Å². The van der Waals surface area contributed by atoms with Crippen molar-refractivity contribution in [2.45, 2.75) is 39.4 Å². The van der Waals surface area contributed by atoms with E-state index in [1.54, 1.807) is 7.11 Å². The molecule has 0 radical (unpaired) electrons. The fourth-order valence-electron chi connectivity index (χ4n) is 3.54. The number of nitrogens with zero attached hydrogens (tertiary/aromatic N) is 2. The Morgan fingerprint density at radius 1 is 1.04 bits per heavy atom. The van der Waals surface area contributed by atoms with Gasteiger partial charge in [-0.2, -0.15) is 0 Å². The van der Waals surface area contributed by atoms with E-state index in [1.165, 1.54) is 11.1 Å². The number of carbonyl (C=O) groups is 1. The SMILES string of the molecule is COc1ccc(CN2C(=O)N(Cc3ccc(C)c(C)c3)CC2CCO)cc1. The number of urea groups is 1. The van der Waals surface area contributed by atoms with Crippen LogP contribution in [0.3, 0.4) is 0 Å². The first-order chi connectivity index (χ1) is 13.0. The van der Waals surface area contributed by atoms with Gasteiger partial charge >= 0.3 is 6.03 Å². The molecule has 1 N–H and O–H groups in total. The maximum atomic E-state index is 13.0. The number of ether oxygens (including phenoxy) is 1. The lowest BCUT2D eigenvalue weighted by molar-refractivity contribution is 0.175. The van der Waals surface area contributed by atoms with Gasteiger partial charge in [0.25, 0.3) is 0 Å². The molecule has 0 spiro atoms. The van der Waals surface area contributed by atoms with E-state index in [0.717, 1.165) is 16.9 Å². The van der Waals surface area contributed by atoms with Crippen molar-refractivity contribution >= 4 is 6.03 Å². The van der Waals surface area contributed by atoms with E-state index < -0.39 is 0 Å². The number of benzene rings is 2. The van der Waals surface area contributed by atoms with Crippen LogP contribution in [-0.4, -0.2) is 47.2 Å². The summed E-state index contributed by atoms with van der Waals surface area (Å²) < 4.78 is 5.20. The molecule has 0 bridgehead atoms. The summed E-state index contributed by atoms with van der Waals surface area (Å²) in [5.41, 5.74) is 4.69. The Labute approximate surface area is 161 Å². The Kier molecular flexibility index (Phi) is 6.01. The highest BCUT2D eigenvalue weighted by Gasteiger charge is 2.36. The average Bonchev–Trinajstić information content (AvgIpc) is 2.94. The van der Waals surface area contributed by atoms with E-state index in [1.807, 2.05) is 34.1 Å². The molecule has 1 fully saturated rings. The first kappa shape index (κ1) is 19.2. The van der Waals surface area contributed by atoms with Crippen LogP contribution in [0.1, 0.15) is 28.7 Å². The van der Waals surface area contributed by atoms with Gasteiger partial charge in [-0.05, 0) is 54.7 Å². The lowest BCUT2D eigenvalue weighted by Crippen LogP contribution is -2.34. The van der Waals surface area contributed by atoms with Crippen molar-refractivity contribution in [3.8, 4) is 5.75 Å². The van der Waals surface area contributed by atoms with E-state index >= 15 is 0 Å². The fraction of sp³-hybridized carbons (Fsp3) is 0.409. The van der Waals surface area contributed by atoms with E-state index in [0.29, 0.717) is 26.1 Å². The predicted molar refractivity (Wildman–Crippen MR) is 106 cm³/mol. The van der Waals surface area contributed by atoms with Gasteiger partial charge in [0.2, 0.25) is 0 Å². The molecule has 1 aliphatic heterocycles. The van der Waals surface area contributed by atoms with Gasteiger partial charge in [0.05, 0.1) is 13.2 Å². The van der Waals surface area contributed by atoms with Crippen LogP contribution in [0.15, 0.2) is 42.5 Å². The molecule has 0 aromatic heterocycles. The van der Waals surface area contributed by atoms with Gasteiger partial charge in [0.1, 0.15) is 5.75 Å². The molecule has 1 saturated heterocycles. The molecule has 2 aromatic carbocycles. The zero-order valence-corrected chi connectivity index (χ0v) is 16.3. The number of methoxy groups -OCH3 is 1. The Balaban J connectivity index is 1.74. The summed E-state index contributed by atoms with van der Waals surface area (Å²) in [5.74, 6) is 0.801. The van der Waals surface area contributed by atoms with Crippen molar-refractivity contribution in [1.29, 1.82) is 0 Å². The molecule has 2 aromatic rings. The van der Waals surface area contributed by atoms with Gasteiger partial charge < -0.3 is 19.6 Å². The number of hydrogen-bond acceptors (Lipinski definition) is 3. The van der Waals surface area contributed by atoms with Crippen LogP contribution in [-0.2, 0) is 13.1 Å². The van der Waals surface area contributed by atoms with Crippen LogP contribution in [0.2, 0.25) is 0 Å². The first-order valence-electron chi connectivity index (χ1n) is 9.37. The van der Waals surface area contributed by atoms with Crippen molar-refractivity contribution in [2.75, 3.05) is 20.3 Å². The minimum atomic E-state index is 0.0242. The normalized spacial score (nSPS) is 16.9. The number of aliphatic hydroxyl groups is 1. The minimum absolute atomic E-state index is 0.0242. The van der Waals surface area contributed by atoms with Gasteiger partial charge in [-0.1, -0.05) is 30.3 Å². The van der Waals surface area contributed by atoms with Gasteiger partial charge in [0.15, 0.2) is 0 Å². The average molecular weight is 368 g/mol. The molecule has 144 valence electrons. The van der Waals surface area contributed by atoms with Crippen LogP contribution < -0.4 is 4.74 Å². The lowest BCUT2D eigenvalue weighted by atomic mass is 10.1. The van der Waals surface area contributed by atoms with E-state index in [2.05, 4.69) is 32.0 Å². The van der Waals surface area contributed by atoms with Crippen molar-refractivity contribution in [3.63, 3.8) is 0 Å².